The molecule has 13 nitrogen and oxygen atoms in total. The van der Waals surface area contributed by atoms with E-state index in [4.69, 9.17) is 19.8 Å². The van der Waals surface area contributed by atoms with E-state index in [2.05, 4.69) is 10.2 Å². The van der Waals surface area contributed by atoms with Gasteiger partial charge in [0.05, 0.1) is 9.82 Å². The van der Waals surface area contributed by atoms with Crippen molar-refractivity contribution in [3.63, 3.8) is 0 Å². The van der Waals surface area contributed by atoms with Crippen LogP contribution in [0.1, 0.15) is 12.5 Å². The number of aliphatic carboxylic acids is 2. The molecule has 1 aliphatic heterocycles. The topological polar surface area (TPSA) is 187 Å². The molecule has 0 bridgehead atoms. The van der Waals surface area contributed by atoms with E-state index < -0.39 is 26.9 Å². The number of hydrogen-bond acceptors (Lipinski definition) is 8. The first-order valence-corrected chi connectivity index (χ1v) is 11.6. The van der Waals surface area contributed by atoms with Crippen LogP contribution < -0.4 is 5.32 Å². The minimum Gasteiger partial charge on any atom is -0.473 e. The molecule has 1 heterocycles. The van der Waals surface area contributed by atoms with Crippen LogP contribution in [0.15, 0.2) is 53.4 Å². The lowest BCUT2D eigenvalue weighted by Crippen LogP contribution is -2.48. The maximum Gasteiger partial charge on any atom is 0.414 e. The van der Waals surface area contributed by atoms with E-state index in [0.717, 1.165) is 5.56 Å². The summed E-state index contributed by atoms with van der Waals surface area (Å²) in [6.07, 6.45) is 0. The van der Waals surface area contributed by atoms with Crippen LogP contribution in [0.2, 0.25) is 0 Å². The summed E-state index contributed by atoms with van der Waals surface area (Å²) in [4.78, 5) is 41.9. The third kappa shape index (κ3) is 8.13. The van der Waals surface area contributed by atoms with E-state index in [0.29, 0.717) is 38.4 Å². The largest absolute Gasteiger partial charge is 0.473 e. The Morgan fingerprint density at radius 3 is 1.89 bits per heavy atom. The second kappa shape index (κ2) is 12.0. The third-order valence-corrected chi connectivity index (χ3v) is 6.79. The van der Waals surface area contributed by atoms with Crippen LogP contribution in [-0.4, -0.2) is 76.8 Å². The number of nitro groups is 1. The minimum atomic E-state index is -3.60. The highest BCUT2D eigenvalue weighted by molar-refractivity contribution is 7.89. The Hall–Kier alpha value is -3.88. The average molecular weight is 509 g/mol. The lowest BCUT2D eigenvalue weighted by atomic mass is 10.2. The SMILES string of the molecule is CC(=O)Nc1ccc(S(=O)(=O)N2CCN(Cc3ccc([N+](=O)[O-])cc3)CC2)cc1.O=C(O)C(=O)O. The molecule has 0 unspecified atom stereocenters. The van der Waals surface area contributed by atoms with Crippen LogP contribution >= 0.6 is 0 Å². The van der Waals surface area contributed by atoms with Gasteiger partial charge >= 0.3 is 11.9 Å². The van der Waals surface area contributed by atoms with Crippen LogP contribution in [0.4, 0.5) is 11.4 Å². The molecule has 0 radical (unpaired) electrons. The molecular weight excluding hydrogens is 484 g/mol. The number of hydrogen-bond donors (Lipinski definition) is 3. The first-order chi connectivity index (χ1) is 16.4. The maximum atomic E-state index is 12.8. The molecule has 35 heavy (non-hydrogen) atoms. The zero-order valence-corrected chi connectivity index (χ0v) is 19.5. The molecule has 1 fully saturated rings. The summed E-state index contributed by atoms with van der Waals surface area (Å²) >= 11 is 0. The molecule has 0 aromatic heterocycles. The lowest BCUT2D eigenvalue weighted by molar-refractivity contribution is -0.384. The van der Waals surface area contributed by atoms with Gasteiger partial charge < -0.3 is 15.5 Å². The number of nitrogens with one attached hydrogen (secondary N) is 1. The number of carbonyl (C=O) groups is 3. The molecule has 0 aliphatic carbocycles. The highest BCUT2D eigenvalue weighted by Gasteiger charge is 2.28. The number of piperazine rings is 1. The molecule has 1 amide bonds. The van der Waals surface area contributed by atoms with Gasteiger partial charge in [-0.3, -0.25) is 19.8 Å². The lowest BCUT2D eigenvalue weighted by Gasteiger charge is -2.34. The molecule has 0 saturated carbocycles. The first-order valence-electron chi connectivity index (χ1n) is 10.2. The summed E-state index contributed by atoms with van der Waals surface area (Å²) in [6.45, 7) is 3.87. The van der Waals surface area contributed by atoms with Crippen molar-refractivity contribution >= 4 is 39.2 Å². The van der Waals surface area contributed by atoms with Gasteiger partial charge in [0, 0.05) is 57.5 Å². The van der Waals surface area contributed by atoms with Crippen molar-refractivity contribution in [2.75, 3.05) is 31.5 Å². The van der Waals surface area contributed by atoms with E-state index in [1.54, 1.807) is 24.3 Å². The number of amides is 1. The molecule has 1 aliphatic rings. The molecule has 3 rings (SSSR count). The standard InChI is InChI=1S/C19H22N4O5S.C2H2O4/c1-15(24)20-17-4-8-19(9-5-17)29(27,28)22-12-10-21(11-13-22)14-16-2-6-18(7-3-16)23(25)26;3-1(4)2(5)6/h2-9H,10-14H2,1H3,(H,20,24);(H,3,4)(H,5,6). The number of nitrogens with zero attached hydrogens (tertiary/aromatic N) is 3. The number of carboxylic acids is 2. The number of rotatable bonds is 6. The summed E-state index contributed by atoms with van der Waals surface area (Å²) in [5.74, 6) is -3.87. The van der Waals surface area contributed by atoms with Gasteiger partial charge in [-0.05, 0) is 29.8 Å². The molecule has 3 N–H and O–H groups in total. The van der Waals surface area contributed by atoms with E-state index >= 15 is 0 Å². The fourth-order valence-electron chi connectivity index (χ4n) is 3.17. The van der Waals surface area contributed by atoms with Crippen molar-refractivity contribution in [1.82, 2.24) is 9.21 Å². The summed E-state index contributed by atoms with van der Waals surface area (Å²) in [5.41, 5.74) is 1.54. The zero-order valence-electron chi connectivity index (χ0n) is 18.7. The van der Waals surface area contributed by atoms with Crippen molar-refractivity contribution < 1.29 is 37.9 Å². The van der Waals surface area contributed by atoms with Gasteiger partial charge in [-0.1, -0.05) is 12.1 Å². The molecular formula is C21H24N4O9S. The second-order valence-electron chi connectivity index (χ2n) is 7.42. The van der Waals surface area contributed by atoms with Crippen LogP contribution in [0.3, 0.4) is 0 Å². The fraction of sp³-hybridized carbons (Fsp3) is 0.286. The molecule has 0 spiro atoms. The van der Waals surface area contributed by atoms with Crippen LogP contribution in [0, 0.1) is 10.1 Å². The first kappa shape index (κ1) is 27.4. The van der Waals surface area contributed by atoms with Gasteiger partial charge in [-0.15, -0.1) is 0 Å². The number of anilines is 1. The third-order valence-electron chi connectivity index (χ3n) is 4.88. The Labute approximate surface area is 200 Å². The Morgan fingerprint density at radius 1 is 0.943 bits per heavy atom. The van der Waals surface area contributed by atoms with Gasteiger partial charge in [0.15, 0.2) is 0 Å². The number of non-ortho nitro benzene ring substituents is 1. The predicted octanol–water partition coefficient (Wildman–Crippen LogP) is 1.22. The number of sulfonamides is 1. The smallest absolute Gasteiger partial charge is 0.414 e. The number of nitro benzene ring substituents is 1. The quantitative estimate of drug-likeness (QED) is 0.291. The summed E-state index contributed by atoms with van der Waals surface area (Å²) in [6, 6.07) is 12.5. The summed E-state index contributed by atoms with van der Waals surface area (Å²) < 4.78 is 27.1. The molecule has 2 aromatic carbocycles. The van der Waals surface area contributed by atoms with Gasteiger partial charge in [0.1, 0.15) is 0 Å². The van der Waals surface area contributed by atoms with E-state index in [9.17, 15) is 23.3 Å². The van der Waals surface area contributed by atoms with Crippen LogP contribution in [0.25, 0.3) is 0 Å². The van der Waals surface area contributed by atoms with Gasteiger partial charge in [-0.25, -0.2) is 18.0 Å². The Bertz CT molecular complexity index is 1160. The minimum absolute atomic E-state index is 0.0502. The number of benzene rings is 2. The Morgan fingerprint density at radius 2 is 1.46 bits per heavy atom. The summed E-state index contributed by atoms with van der Waals surface area (Å²) in [7, 11) is -3.60. The molecule has 0 atom stereocenters. The van der Waals surface area contributed by atoms with Gasteiger partial charge in [-0.2, -0.15) is 4.31 Å². The molecule has 188 valence electrons. The highest BCUT2D eigenvalue weighted by Crippen LogP contribution is 2.21. The number of carbonyl (C=O) groups excluding carboxylic acids is 1. The van der Waals surface area contributed by atoms with Crippen molar-refractivity contribution in [2.45, 2.75) is 18.4 Å². The second-order valence-corrected chi connectivity index (χ2v) is 9.36. The molecule has 14 heteroatoms. The average Bonchev–Trinajstić information content (AvgIpc) is 2.80. The maximum absolute atomic E-state index is 12.8. The van der Waals surface area contributed by atoms with E-state index in [1.165, 1.54) is 35.5 Å². The fourth-order valence-corrected chi connectivity index (χ4v) is 4.59. The van der Waals surface area contributed by atoms with Gasteiger partial charge in [0.2, 0.25) is 15.9 Å². The summed E-state index contributed by atoms with van der Waals surface area (Å²) in [5, 5.41) is 28.1. The zero-order chi connectivity index (χ0) is 26.2. The normalized spacial score (nSPS) is 14.3. The Balaban J connectivity index is 0.000000641. The van der Waals surface area contributed by atoms with Crippen molar-refractivity contribution in [1.29, 1.82) is 0 Å². The van der Waals surface area contributed by atoms with E-state index in [-0.39, 0.29) is 16.5 Å². The van der Waals surface area contributed by atoms with Gasteiger partial charge in [0.25, 0.3) is 5.69 Å². The van der Waals surface area contributed by atoms with E-state index in [1.807, 2.05) is 0 Å². The monoisotopic (exact) mass is 508 g/mol. The number of carboxylic acid groups (broad SMARTS) is 2. The van der Waals surface area contributed by atoms with Crippen LogP contribution in [0.5, 0.6) is 0 Å². The van der Waals surface area contributed by atoms with Crippen LogP contribution in [-0.2, 0) is 31.0 Å². The Kier molecular flexibility index (Phi) is 9.39. The predicted molar refractivity (Wildman–Crippen MR) is 123 cm³/mol. The van der Waals surface area contributed by atoms with Crippen molar-refractivity contribution in [3.05, 3.63) is 64.2 Å². The van der Waals surface area contributed by atoms with Crippen molar-refractivity contribution in [2.24, 2.45) is 0 Å². The molecule has 2 aromatic rings. The van der Waals surface area contributed by atoms with Crippen molar-refractivity contribution in [3.8, 4) is 0 Å². The molecule has 1 saturated heterocycles. The highest BCUT2D eigenvalue weighted by atomic mass is 32.2.